The van der Waals surface area contributed by atoms with Crippen LogP contribution in [0.1, 0.15) is 59.5 Å². The van der Waals surface area contributed by atoms with E-state index in [1.54, 1.807) is 30.3 Å². The molecule has 0 aromatic heterocycles. The molecule has 218 valence electrons. The Labute approximate surface area is 237 Å². The summed E-state index contributed by atoms with van der Waals surface area (Å²) in [7, 11) is 1.43. The Hall–Kier alpha value is -3.76. The Kier molecular flexibility index (Phi) is 8.70. The van der Waals surface area contributed by atoms with E-state index in [1.807, 2.05) is 0 Å². The van der Waals surface area contributed by atoms with Gasteiger partial charge in [-0.15, -0.1) is 0 Å². The highest BCUT2D eigenvalue weighted by Crippen LogP contribution is 2.51. The average molecular weight is 567 g/mol. The fraction of sp³-hybridized carbons (Fsp3) is 0.452. The van der Waals surface area contributed by atoms with E-state index in [2.05, 4.69) is 5.32 Å². The van der Waals surface area contributed by atoms with Crippen LogP contribution >= 0.6 is 0 Å². The number of nitrogens with zero attached hydrogens (tertiary/aromatic N) is 1. The quantitative estimate of drug-likeness (QED) is 0.378. The van der Waals surface area contributed by atoms with Crippen molar-refractivity contribution in [3.8, 4) is 11.5 Å². The number of halogens is 1. The van der Waals surface area contributed by atoms with Crippen LogP contribution in [0.4, 0.5) is 4.39 Å². The van der Waals surface area contributed by atoms with Crippen LogP contribution in [-0.2, 0) is 16.1 Å². The average Bonchev–Trinajstić information content (AvgIpc) is 3.63. The molecule has 2 aromatic rings. The van der Waals surface area contributed by atoms with Crippen molar-refractivity contribution in [1.82, 2.24) is 10.2 Å². The van der Waals surface area contributed by atoms with Crippen molar-refractivity contribution in [2.45, 2.75) is 62.8 Å². The van der Waals surface area contributed by atoms with Crippen LogP contribution < -0.4 is 14.8 Å². The Balaban J connectivity index is 1.59. The molecule has 9 nitrogen and oxygen atoms in total. The van der Waals surface area contributed by atoms with Crippen LogP contribution in [-0.4, -0.2) is 71.7 Å². The Morgan fingerprint density at radius 2 is 1.98 bits per heavy atom. The Morgan fingerprint density at radius 1 is 1.22 bits per heavy atom. The number of benzene rings is 2. The molecule has 3 N–H and O–H groups in total. The van der Waals surface area contributed by atoms with E-state index in [0.717, 1.165) is 25.7 Å². The molecule has 0 radical (unpaired) electrons. The van der Waals surface area contributed by atoms with Gasteiger partial charge in [-0.1, -0.05) is 31.0 Å². The molecule has 5 rings (SSSR count). The fourth-order valence-corrected chi connectivity index (χ4v) is 6.31. The first-order chi connectivity index (χ1) is 19.9. The lowest BCUT2D eigenvalue weighted by molar-refractivity contribution is -0.139. The van der Waals surface area contributed by atoms with E-state index < -0.39 is 35.9 Å². The molecular weight excluding hydrogens is 531 g/mol. The number of amides is 2. The van der Waals surface area contributed by atoms with E-state index in [1.165, 1.54) is 24.1 Å². The summed E-state index contributed by atoms with van der Waals surface area (Å²) >= 11 is 0. The highest BCUT2D eigenvalue weighted by Gasteiger charge is 2.51. The molecule has 3 aliphatic rings. The van der Waals surface area contributed by atoms with Gasteiger partial charge in [-0.3, -0.25) is 14.4 Å². The number of aldehydes is 1. The van der Waals surface area contributed by atoms with Gasteiger partial charge in [-0.05, 0) is 43.0 Å². The molecule has 1 heterocycles. The van der Waals surface area contributed by atoms with Gasteiger partial charge in [0.15, 0.2) is 11.5 Å². The molecule has 1 aliphatic heterocycles. The summed E-state index contributed by atoms with van der Waals surface area (Å²) in [5, 5.41) is 23.8. The van der Waals surface area contributed by atoms with Crippen molar-refractivity contribution in [2.75, 3.05) is 20.3 Å². The van der Waals surface area contributed by atoms with Crippen LogP contribution in [0.3, 0.4) is 0 Å². The molecule has 2 aliphatic carbocycles. The summed E-state index contributed by atoms with van der Waals surface area (Å²) in [6, 6.07) is 8.26. The maximum absolute atomic E-state index is 14.8. The number of rotatable bonds is 10. The molecule has 10 heteroatoms. The molecule has 0 unspecified atom stereocenters. The van der Waals surface area contributed by atoms with Crippen LogP contribution in [0.5, 0.6) is 11.5 Å². The van der Waals surface area contributed by atoms with E-state index in [0.29, 0.717) is 23.2 Å². The number of aliphatic hydroxyl groups is 2. The van der Waals surface area contributed by atoms with E-state index in [-0.39, 0.29) is 54.8 Å². The van der Waals surface area contributed by atoms with Gasteiger partial charge in [0.05, 0.1) is 25.7 Å². The SMILES string of the molecule is COc1cc(C=O)cc2c1O[C@@H]1[C@@H](O)[C@H](N(Cc3ccccc3F)C(=O)CC3CCCC3)C=C(C(=O)NCCO)[C@H]21. The van der Waals surface area contributed by atoms with Crippen LogP contribution in [0.25, 0.3) is 0 Å². The predicted molar refractivity (Wildman–Crippen MR) is 147 cm³/mol. The third-order valence-corrected chi connectivity index (χ3v) is 8.33. The summed E-state index contributed by atoms with van der Waals surface area (Å²) in [6.45, 7) is -0.397. The fourth-order valence-electron chi connectivity index (χ4n) is 6.31. The second-order valence-electron chi connectivity index (χ2n) is 10.9. The summed E-state index contributed by atoms with van der Waals surface area (Å²) in [5.41, 5.74) is 1.31. The molecule has 1 fully saturated rings. The Morgan fingerprint density at radius 3 is 2.66 bits per heavy atom. The lowest BCUT2D eigenvalue weighted by Crippen LogP contribution is -2.55. The van der Waals surface area contributed by atoms with Crippen molar-refractivity contribution < 1.29 is 38.5 Å². The van der Waals surface area contributed by atoms with E-state index >= 15 is 0 Å². The number of fused-ring (bicyclic) bond motifs is 3. The second-order valence-corrected chi connectivity index (χ2v) is 10.9. The van der Waals surface area contributed by atoms with Gasteiger partial charge in [0.1, 0.15) is 24.3 Å². The minimum atomic E-state index is -1.29. The number of carbonyl (C=O) groups excluding carboxylic acids is 3. The minimum absolute atomic E-state index is 0.00819. The third-order valence-electron chi connectivity index (χ3n) is 8.33. The number of hydrogen-bond donors (Lipinski definition) is 3. The lowest BCUT2D eigenvalue weighted by Gasteiger charge is -2.41. The molecule has 1 saturated carbocycles. The predicted octanol–water partition coefficient (Wildman–Crippen LogP) is 2.88. The first kappa shape index (κ1) is 28.8. The third kappa shape index (κ3) is 5.71. The van der Waals surface area contributed by atoms with Gasteiger partial charge in [0.25, 0.3) is 0 Å². The monoisotopic (exact) mass is 566 g/mol. The highest BCUT2D eigenvalue weighted by atomic mass is 19.1. The van der Waals surface area contributed by atoms with Gasteiger partial charge < -0.3 is 29.9 Å². The van der Waals surface area contributed by atoms with Crippen molar-refractivity contribution in [3.05, 3.63) is 70.6 Å². The van der Waals surface area contributed by atoms with E-state index in [4.69, 9.17) is 9.47 Å². The van der Waals surface area contributed by atoms with Crippen molar-refractivity contribution in [3.63, 3.8) is 0 Å². The van der Waals surface area contributed by atoms with Gasteiger partial charge in [0, 0.05) is 41.8 Å². The highest BCUT2D eigenvalue weighted by molar-refractivity contribution is 5.96. The van der Waals surface area contributed by atoms with Gasteiger partial charge in [0.2, 0.25) is 11.8 Å². The molecule has 2 aromatic carbocycles. The van der Waals surface area contributed by atoms with E-state index in [9.17, 15) is 29.0 Å². The number of nitrogens with one attached hydrogen (secondary N) is 1. The van der Waals surface area contributed by atoms with Gasteiger partial charge >= 0.3 is 0 Å². The first-order valence-electron chi connectivity index (χ1n) is 14.0. The van der Waals surface area contributed by atoms with Gasteiger partial charge in [-0.25, -0.2) is 4.39 Å². The molecule has 4 atom stereocenters. The summed E-state index contributed by atoms with van der Waals surface area (Å²) in [6.07, 6.45) is 4.13. The summed E-state index contributed by atoms with van der Waals surface area (Å²) in [4.78, 5) is 40.4. The lowest BCUT2D eigenvalue weighted by atomic mass is 9.77. The molecule has 0 saturated heterocycles. The zero-order valence-corrected chi connectivity index (χ0v) is 22.9. The van der Waals surface area contributed by atoms with Crippen LogP contribution in [0.15, 0.2) is 48.0 Å². The van der Waals surface area contributed by atoms with Crippen LogP contribution in [0.2, 0.25) is 0 Å². The summed E-state index contributed by atoms with van der Waals surface area (Å²) < 4.78 is 26.5. The second kappa shape index (κ2) is 12.4. The van der Waals surface area contributed by atoms with Crippen molar-refractivity contribution in [1.29, 1.82) is 0 Å². The standard InChI is InChI=1S/C31H35FN2O7/c1-40-25-13-19(17-36)12-21-27-22(31(39)33-10-11-35)15-24(28(38)30(27)41-29(21)25)34(16-20-8-4-5-9-23(20)32)26(37)14-18-6-2-3-7-18/h4-5,8-9,12-13,15,17-18,24,27-28,30,35,38H,2-3,6-7,10-11,14,16H2,1H3,(H,33,39)/t24-,27+,28+,30+/m1/s1. The maximum atomic E-state index is 14.8. The van der Waals surface area contributed by atoms with Gasteiger partial charge in [-0.2, -0.15) is 0 Å². The largest absolute Gasteiger partial charge is 0.493 e. The van der Waals surface area contributed by atoms with Crippen LogP contribution in [0, 0.1) is 11.7 Å². The number of methoxy groups -OCH3 is 1. The molecule has 2 amide bonds. The number of ether oxygens (including phenoxy) is 2. The zero-order valence-electron chi connectivity index (χ0n) is 22.9. The van der Waals surface area contributed by atoms with Crippen molar-refractivity contribution in [2.24, 2.45) is 5.92 Å². The molecule has 41 heavy (non-hydrogen) atoms. The molecule has 0 spiro atoms. The summed E-state index contributed by atoms with van der Waals surface area (Å²) in [5.74, 6) is -1.23. The molecular formula is C31H35FN2O7. The smallest absolute Gasteiger partial charge is 0.247 e. The number of carbonyl (C=O) groups is 3. The topological polar surface area (TPSA) is 125 Å². The first-order valence-corrected chi connectivity index (χ1v) is 14.0. The molecule has 0 bridgehead atoms. The zero-order chi connectivity index (χ0) is 29.1. The minimum Gasteiger partial charge on any atom is -0.493 e. The normalized spacial score (nSPS) is 23.2. The van der Waals surface area contributed by atoms with Crippen molar-refractivity contribution >= 4 is 18.1 Å². The number of aliphatic hydroxyl groups excluding tert-OH is 2. The number of hydrogen-bond acceptors (Lipinski definition) is 7. The maximum Gasteiger partial charge on any atom is 0.247 e. The Bertz CT molecular complexity index is 1340.